The first-order chi connectivity index (χ1) is 10.0. The first-order valence-corrected chi connectivity index (χ1v) is 7.43. The number of hydrogen-bond acceptors (Lipinski definition) is 5. The zero-order valence-corrected chi connectivity index (χ0v) is 12.6. The molecule has 2 aliphatic heterocycles. The number of ether oxygens (including phenoxy) is 1. The van der Waals surface area contributed by atoms with Gasteiger partial charge < -0.3 is 21.1 Å². The van der Waals surface area contributed by atoms with Crippen LogP contribution in [0.25, 0.3) is 0 Å². The zero-order chi connectivity index (χ0) is 15.4. The molecule has 0 aliphatic carbocycles. The number of carbonyl (C=O) groups excluding carboxylic acids is 2. The Morgan fingerprint density at radius 1 is 1.52 bits per heavy atom. The summed E-state index contributed by atoms with van der Waals surface area (Å²) in [4.78, 5) is 25.6. The molecule has 0 bridgehead atoms. The topological polar surface area (TPSA) is 96.7 Å². The highest BCUT2D eigenvalue weighted by atomic mass is 16.5. The molecule has 118 valence electrons. The molecular formula is C14H24N4O3. The Labute approximate surface area is 124 Å². The van der Waals surface area contributed by atoms with Gasteiger partial charge in [-0.05, 0) is 25.8 Å². The largest absolute Gasteiger partial charge is 0.463 e. The molecule has 0 aromatic carbocycles. The second-order valence-electron chi connectivity index (χ2n) is 5.65. The number of likely N-dealkylation sites (tertiary alicyclic amines) is 1. The van der Waals surface area contributed by atoms with Crippen molar-refractivity contribution in [2.75, 3.05) is 32.8 Å². The summed E-state index contributed by atoms with van der Waals surface area (Å²) in [7, 11) is 0. The van der Waals surface area contributed by atoms with Gasteiger partial charge in [-0.15, -0.1) is 0 Å². The van der Waals surface area contributed by atoms with Gasteiger partial charge >= 0.3 is 12.0 Å². The van der Waals surface area contributed by atoms with Gasteiger partial charge in [-0.2, -0.15) is 0 Å². The van der Waals surface area contributed by atoms with Gasteiger partial charge in [-0.25, -0.2) is 9.59 Å². The van der Waals surface area contributed by atoms with E-state index in [1.54, 1.807) is 6.92 Å². The highest BCUT2D eigenvalue weighted by Gasteiger charge is 2.28. The van der Waals surface area contributed by atoms with E-state index in [2.05, 4.69) is 22.5 Å². The average Bonchev–Trinajstić information content (AvgIpc) is 2.43. The number of carbonyl (C=O) groups is 2. The number of nitrogens with zero attached hydrogens (tertiary/aromatic N) is 1. The summed E-state index contributed by atoms with van der Waals surface area (Å²) in [5, 5.41) is 5.33. The third-order valence-corrected chi connectivity index (χ3v) is 4.06. The molecule has 1 saturated heterocycles. The lowest BCUT2D eigenvalue weighted by Crippen LogP contribution is -2.51. The molecule has 2 rings (SSSR count). The van der Waals surface area contributed by atoms with Crippen LogP contribution in [-0.2, 0) is 9.53 Å². The van der Waals surface area contributed by atoms with Crippen molar-refractivity contribution in [1.29, 1.82) is 0 Å². The molecule has 7 nitrogen and oxygen atoms in total. The van der Waals surface area contributed by atoms with Crippen molar-refractivity contribution in [1.82, 2.24) is 15.5 Å². The number of nitrogens with one attached hydrogen (secondary N) is 2. The van der Waals surface area contributed by atoms with E-state index in [9.17, 15) is 9.59 Å². The maximum atomic E-state index is 12.0. The summed E-state index contributed by atoms with van der Waals surface area (Å²) in [6, 6.07) is -0.157. The van der Waals surface area contributed by atoms with E-state index in [0.29, 0.717) is 30.3 Å². The van der Waals surface area contributed by atoms with Gasteiger partial charge in [0.1, 0.15) is 0 Å². The van der Waals surface area contributed by atoms with Crippen LogP contribution >= 0.6 is 0 Å². The number of hydrogen-bond donors (Lipinski definition) is 3. The number of nitrogens with two attached hydrogens (primary N) is 1. The Bertz CT molecular complexity index is 450. The molecule has 0 aromatic rings. The molecule has 4 N–H and O–H groups in total. The van der Waals surface area contributed by atoms with Crippen LogP contribution in [0, 0.1) is 5.92 Å². The van der Waals surface area contributed by atoms with E-state index in [0.717, 1.165) is 19.5 Å². The lowest BCUT2D eigenvalue weighted by atomic mass is 9.94. The average molecular weight is 296 g/mol. The lowest BCUT2D eigenvalue weighted by Gasteiger charge is -2.36. The van der Waals surface area contributed by atoms with Crippen molar-refractivity contribution in [3.8, 4) is 0 Å². The van der Waals surface area contributed by atoms with Gasteiger partial charge in [-0.1, -0.05) is 6.92 Å². The Hall–Kier alpha value is -1.60. The number of urea groups is 1. The van der Waals surface area contributed by atoms with Crippen LogP contribution in [-0.4, -0.2) is 55.7 Å². The maximum absolute atomic E-state index is 12.0. The van der Waals surface area contributed by atoms with Gasteiger partial charge in [0.05, 0.1) is 18.7 Å². The highest BCUT2D eigenvalue weighted by Crippen LogP contribution is 2.17. The van der Waals surface area contributed by atoms with Gasteiger partial charge in [0.15, 0.2) is 0 Å². The summed E-state index contributed by atoms with van der Waals surface area (Å²) < 4.78 is 5.04. The second kappa shape index (κ2) is 6.91. The molecule has 1 fully saturated rings. The van der Waals surface area contributed by atoms with Crippen molar-refractivity contribution in [2.24, 2.45) is 11.7 Å². The van der Waals surface area contributed by atoms with Crippen molar-refractivity contribution in [3.63, 3.8) is 0 Å². The van der Waals surface area contributed by atoms with E-state index >= 15 is 0 Å². The van der Waals surface area contributed by atoms with E-state index in [1.165, 1.54) is 0 Å². The summed E-state index contributed by atoms with van der Waals surface area (Å²) in [6.45, 7) is 6.63. The lowest BCUT2D eigenvalue weighted by molar-refractivity contribution is -0.138. The van der Waals surface area contributed by atoms with Crippen LogP contribution in [0.5, 0.6) is 0 Å². The Balaban J connectivity index is 2.09. The standard InChI is InChI=1S/C14H24N4O3/c1-3-21-13(19)10-6-16-14(20)17-12(10)8-18-5-4-9(2)11(15)7-18/h9,11H,3-8,15H2,1-2H3,(H2,16,17,20). The number of piperidine rings is 1. The van der Waals surface area contributed by atoms with Crippen LogP contribution in [0.4, 0.5) is 4.79 Å². The predicted molar refractivity (Wildman–Crippen MR) is 78.4 cm³/mol. The van der Waals surface area contributed by atoms with Crippen LogP contribution in [0.3, 0.4) is 0 Å². The minimum absolute atomic E-state index is 0.128. The molecule has 0 radical (unpaired) electrons. The van der Waals surface area contributed by atoms with Crippen molar-refractivity contribution >= 4 is 12.0 Å². The van der Waals surface area contributed by atoms with Gasteiger partial charge in [-0.3, -0.25) is 4.90 Å². The normalized spacial score (nSPS) is 27.1. The van der Waals surface area contributed by atoms with Crippen LogP contribution in [0.15, 0.2) is 11.3 Å². The molecule has 2 amide bonds. The molecule has 21 heavy (non-hydrogen) atoms. The molecule has 2 aliphatic rings. The van der Waals surface area contributed by atoms with Crippen LogP contribution in [0.2, 0.25) is 0 Å². The number of esters is 1. The van der Waals surface area contributed by atoms with E-state index in [1.807, 2.05) is 0 Å². The first-order valence-electron chi connectivity index (χ1n) is 7.43. The second-order valence-corrected chi connectivity index (χ2v) is 5.65. The third kappa shape index (κ3) is 3.95. The molecular weight excluding hydrogens is 272 g/mol. The van der Waals surface area contributed by atoms with E-state index in [-0.39, 0.29) is 24.6 Å². The Morgan fingerprint density at radius 3 is 2.95 bits per heavy atom. The minimum atomic E-state index is -0.380. The molecule has 0 spiro atoms. The predicted octanol–water partition coefficient (Wildman–Crippen LogP) is -0.214. The van der Waals surface area contributed by atoms with Gasteiger partial charge in [0.25, 0.3) is 0 Å². The summed E-state index contributed by atoms with van der Waals surface area (Å²) in [5.41, 5.74) is 7.21. The van der Waals surface area contributed by atoms with Crippen molar-refractivity contribution < 1.29 is 14.3 Å². The zero-order valence-electron chi connectivity index (χ0n) is 12.6. The van der Waals surface area contributed by atoms with Crippen LogP contribution in [0.1, 0.15) is 20.3 Å². The molecule has 2 heterocycles. The quantitative estimate of drug-likeness (QED) is 0.624. The molecule has 2 unspecified atom stereocenters. The Kier molecular flexibility index (Phi) is 5.19. The fourth-order valence-corrected chi connectivity index (χ4v) is 2.62. The SMILES string of the molecule is CCOC(=O)C1=C(CN2CCC(C)C(N)C2)NC(=O)NC1. The van der Waals surface area contributed by atoms with Crippen molar-refractivity contribution in [2.45, 2.75) is 26.3 Å². The molecule has 0 saturated carbocycles. The summed E-state index contributed by atoms with van der Waals surface area (Å²) in [6.07, 6.45) is 1.02. The molecule has 0 aromatic heterocycles. The first kappa shape index (κ1) is 15.8. The molecule has 2 atom stereocenters. The number of amides is 2. The van der Waals surface area contributed by atoms with Crippen molar-refractivity contribution in [3.05, 3.63) is 11.3 Å². The fourth-order valence-electron chi connectivity index (χ4n) is 2.62. The Morgan fingerprint density at radius 2 is 2.29 bits per heavy atom. The third-order valence-electron chi connectivity index (χ3n) is 4.06. The highest BCUT2D eigenvalue weighted by molar-refractivity contribution is 5.93. The van der Waals surface area contributed by atoms with Gasteiger partial charge in [0, 0.05) is 24.8 Å². The van der Waals surface area contributed by atoms with Gasteiger partial charge in [0.2, 0.25) is 0 Å². The van der Waals surface area contributed by atoms with E-state index in [4.69, 9.17) is 10.5 Å². The minimum Gasteiger partial charge on any atom is -0.463 e. The smallest absolute Gasteiger partial charge is 0.337 e. The monoisotopic (exact) mass is 296 g/mol. The summed E-state index contributed by atoms with van der Waals surface area (Å²) >= 11 is 0. The summed E-state index contributed by atoms with van der Waals surface area (Å²) in [5.74, 6) is 0.122. The number of rotatable bonds is 4. The van der Waals surface area contributed by atoms with Crippen LogP contribution < -0.4 is 16.4 Å². The molecule has 7 heteroatoms. The van der Waals surface area contributed by atoms with E-state index < -0.39 is 0 Å². The fraction of sp³-hybridized carbons (Fsp3) is 0.714. The maximum Gasteiger partial charge on any atom is 0.337 e.